The number of nitrogens with one attached hydrogen (secondary N) is 2. The Morgan fingerprint density at radius 3 is 3.13 bits per heavy atom. The number of carbonyl (C=O) groups excluding carboxylic acids is 1. The highest BCUT2D eigenvalue weighted by Crippen LogP contribution is 2.15. The van der Waals surface area contributed by atoms with Gasteiger partial charge >= 0.3 is 5.97 Å². The molecule has 0 amide bonds. The monoisotopic (exact) mass is 206 g/mol. The van der Waals surface area contributed by atoms with Gasteiger partial charge in [0.15, 0.2) is 0 Å². The maximum absolute atomic E-state index is 11.3. The lowest BCUT2D eigenvalue weighted by molar-refractivity contribution is 0.0519. The zero-order valence-corrected chi connectivity index (χ0v) is 8.15. The van der Waals surface area contributed by atoms with Crippen LogP contribution in [0.1, 0.15) is 17.4 Å². The van der Waals surface area contributed by atoms with Crippen molar-refractivity contribution in [1.29, 1.82) is 0 Å². The molecule has 0 atom stereocenters. The first-order valence-corrected chi connectivity index (χ1v) is 4.53. The van der Waals surface area contributed by atoms with Crippen LogP contribution < -0.4 is 0 Å². The summed E-state index contributed by atoms with van der Waals surface area (Å²) in [5.41, 5.74) is 1.82. The average molecular weight is 206 g/mol. The molecule has 0 radical (unpaired) electrons. The van der Waals surface area contributed by atoms with Crippen LogP contribution in [0.25, 0.3) is 11.3 Å². The van der Waals surface area contributed by atoms with Crippen molar-refractivity contribution in [3.63, 3.8) is 0 Å². The number of rotatable bonds is 3. The molecule has 0 bridgehead atoms. The molecular formula is C9H10N4O2. The average Bonchev–Trinajstić information content (AvgIpc) is 2.89. The van der Waals surface area contributed by atoms with Gasteiger partial charge in [-0.3, -0.25) is 10.2 Å². The van der Waals surface area contributed by atoms with Gasteiger partial charge in [-0.15, -0.1) is 0 Å². The zero-order valence-electron chi connectivity index (χ0n) is 8.15. The van der Waals surface area contributed by atoms with Crippen LogP contribution in [0, 0.1) is 0 Å². The Balaban J connectivity index is 2.21. The van der Waals surface area contributed by atoms with Crippen molar-refractivity contribution in [2.45, 2.75) is 6.92 Å². The molecule has 0 aliphatic rings. The summed E-state index contributed by atoms with van der Waals surface area (Å²) in [6.45, 7) is 2.10. The summed E-state index contributed by atoms with van der Waals surface area (Å²) in [5, 5.41) is 13.1. The fourth-order valence-electron chi connectivity index (χ4n) is 1.17. The van der Waals surface area contributed by atoms with Gasteiger partial charge in [-0.05, 0) is 13.0 Å². The summed E-state index contributed by atoms with van der Waals surface area (Å²) in [6.07, 6.45) is 3.33. The molecule has 0 saturated heterocycles. The van der Waals surface area contributed by atoms with E-state index in [4.69, 9.17) is 4.74 Å². The van der Waals surface area contributed by atoms with Crippen molar-refractivity contribution < 1.29 is 9.53 Å². The van der Waals surface area contributed by atoms with Gasteiger partial charge in [0.1, 0.15) is 5.69 Å². The van der Waals surface area contributed by atoms with Gasteiger partial charge in [0.25, 0.3) is 0 Å². The molecule has 2 heterocycles. The first-order chi connectivity index (χ1) is 7.31. The number of H-pyrrole nitrogens is 2. The number of nitrogens with zero attached hydrogens (tertiary/aromatic N) is 2. The molecule has 2 aromatic rings. The number of aromatic amines is 2. The highest BCUT2D eigenvalue weighted by Gasteiger charge is 2.11. The minimum atomic E-state index is -0.403. The van der Waals surface area contributed by atoms with Crippen molar-refractivity contribution in [2.75, 3.05) is 6.61 Å². The molecule has 0 aliphatic carbocycles. The lowest BCUT2D eigenvalue weighted by Gasteiger charge is -1.95. The summed E-state index contributed by atoms with van der Waals surface area (Å²) in [6, 6.07) is 1.63. The topological polar surface area (TPSA) is 83.7 Å². The predicted molar refractivity (Wildman–Crippen MR) is 52.1 cm³/mol. The van der Waals surface area contributed by atoms with Crippen molar-refractivity contribution in [2.24, 2.45) is 0 Å². The highest BCUT2D eigenvalue weighted by atomic mass is 16.5. The molecule has 78 valence electrons. The number of esters is 1. The smallest absolute Gasteiger partial charge is 0.356 e. The van der Waals surface area contributed by atoms with Gasteiger partial charge in [0.05, 0.1) is 18.5 Å². The Morgan fingerprint density at radius 2 is 2.47 bits per heavy atom. The zero-order chi connectivity index (χ0) is 10.7. The van der Waals surface area contributed by atoms with Gasteiger partial charge < -0.3 is 4.74 Å². The Hall–Kier alpha value is -2.11. The predicted octanol–water partition coefficient (Wildman–Crippen LogP) is 0.976. The van der Waals surface area contributed by atoms with Crippen LogP contribution in [0.5, 0.6) is 0 Å². The van der Waals surface area contributed by atoms with Crippen molar-refractivity contribution >= 4 is 5.97 Å². The summed E-state index contributed by atoms with van der Waals surface area (Å²) in [5.74, 6) is -0.403. The van der Waals surface area contributed by atoms with E-state index in [1.165, 1.54) is 0 Å². The van der Waals surface area contributed by atoms with Crippen LogP contribution in [-0.4, -0.2) is 33.0 Å². The summed E-state index contributed by atoms with van der Waals surface area (Å²) in [7, 11) is 0. The van der Waals surface area contributed by atoms with Crippen molar-refractivity contribution in [3.8, 4) is 11.3 Å². The third-order valence-electron chi connectivity index (χ3n) is 1.87. The Bertz CT molecular complexity index is 446. The van der Waals surface area contributed by atoms with E-state index in [1.807, 2.05) is 0 Å². The summed E-state index contributed by atoms with van der Waals surface area (Å²) in [4.78, 5) is 11.3. The molecule has 0 fully saturated rings. The van der Waals surface area contributed by atoms with Crippen LogP contribution in [0.4, 0.5) is 0 Å². The minimum absolute atomic E-state index is 0.341. The van der Waals surface area contributed by atoms with Crippen LogP contribution in [-0.2, 0) is 4.74 Å². The summed E-state index contributed by atoms with van der Waals surface area (Å²) < 4.78 is 4.82. The van der Waals surface area contributed by atoms with Gasteiger partial charge in [-0.25, -0.2) is 4.79 Å². The Kier molecular flexibility index (Phi) is 2.49. The SMILES string of the molecule is CCOC(=O)c1cc(-c2cn[nH]c2)n[nH]1. The first-order valence-electron chi connectivity index (χ1n) is 4.53. The van der Waals surface area contributed by atoms with Crippen LogP contribution in [0.3, 0.4) is 0 Å². The third-order valence-corrected chi connectivity index (χ3v) is 1.87. The van der Waals surface area contributed by atoms with E-state index >= 15 is 0 Å². The molecule has 2 rings (SSSR count). The number of hydrogen-bond donors (Lipinski definition) is 2. The van der Waals surface area contributed by atoms with Crippen LogP contribution >= 0.6 is 0 Å². The molecule has 2 aromatic heterocycles. The first kappa shape index (κ1) is 9.45. The quantitative estimate of drug-likeness (QED) is 0.733. The second-order valence-corrected chi connectivity index (χ2v) is 2.87. The van der Waals surface area contributed by atoms with Crippen LogP contribution in [0.15, 0.2) is 18.5 Å². The van der Waals surface area contributed by atoms with E-state index in [1.54, 1.807) is 25.4 Å². The van der Waals surface area contributed by atoms with E-state index in [0.717, 1.165) is 5.56 Å². The molecule has 6 heteroatoms. The second-order valence-electron chi connectivity index (χ2n) is 2.87. The highest BCUT2D eigenvalue weighted by molar-refractivity contribution is 5.88. The Morgan fingerprint density at radius 1 is 1.60 bits per heavy atom. The standard InChI is InChI=1S/C9H10N4O2/c1-2-15-9(14)8-3-7(12-13-8)6-4-10-11-5-6/h3-5H,2H2,1H3,(H,10,11)(H,12,13). The van der Waals surface area contributed by atoms with Gasteiger partial charge in [-0.1, -0.05) is 0 Å². The lowest BCUT2D eigenvalue weighted by atomic mass is 10.2. The molecular weight excluding hydrogens is 196 g/mol. The van der Waals surface area contributed by atoms with E-state index in [9.17, 15) is 4.79 Å². The van der Waals surface area contributed by atoms with Gasteiger partial charge in [-0.2, -0.15) is 10.2 Å². The molecule has 15 heavy (non-hydrogen) atoms. The number of carbonyl (C=O) groups is 1. The fourth-order valence-corrected chi connectivity index (χ4v) is 1.17. The number of ether oxygens (including phenoxy) is 1. The van der Waals surface area contributed by atoms with Gasteiger partial charge in [0.2, 0.25) is 0 Å². The molecule has 0 aliphatic heterocycles. The number of aromatic nitrogens is 4. The molecule has 2 N–H and O–H groups in total. The van der Waals surface area contributed by atoms with Gasteiger partial charge in [0, 0.05) is 11.8 Å². The van der Waals surface area contributed by atoms with Crippen molar-refractivity contribution in [3.05, 3.63) is 24.2 Å². The maximum atomic E-state index is 11.3. The lowest BCUT2D eigenvalue weighted by Crippen LogP contribution is -2.04. The molecule has 0 unspecified atom stereocenters. The summed E-state index contributed by atoms with van der Waals surface area (Å²) >= 11 is 0. The van der Waals surface area contributed by atoms with E-state index in [-0.39, 0.29) is 0 Å². The van der Waals surface area contributed by atoms with Crippen molar-refractivity contribution in [1.82, 2.24) is 20.4 Å². The maximum Gasteiger partial charge on any atom is 0.356 e. The third kappa shape index (κ3) is 1.88. The number of hydrogen-bond acceptors (Lipinski definition) is 4. The largest absolute Gasteiger partial charge is 0.461 e. The molecule has 0 saturated carbocycles. The minimum Gasteiger partial charge on any atom is -0.461 e. The molecule has 0 aromatic carbocycles. The molecule has 0 spiro atoms. The Labute approximate surface area is 85.7 Å². The molecule has 6 nitrogen and oxygen atoms in total. The second kappa shape index (κ2) is 3.95. The normalized spacial score (nSPS) is 10.2. The van der Waals surface area contributed by atoms with E-state index < -0.39 is 5.97 Å². The van der Waals surface area contributed by atoms with E-state index in [2.05, 4.69) is 20.4 Å². The fraction of sp³-hybridized carbons (Fsp3) is 0.222. The van der Waals surface area contributed by atoms with E-state index in [0.29, 0.717) is 18.0 Å². The van der Waals surface area contributed by atoms with Crippen LogP contribution in [0.2, 0.25) is 0 Å².